The van der Waals surface area contributed by atoms with Gasteiger partial charge < -0.3 is 20.0 Å². The lowest BCUT2D eigenvalue weighted by Gasteiger charge is -2.36. The average Bonchev–Trinajstić information content (AvgIpc) is 3.42. The second-order valence-electron chi connectivity index (χ2n) is 9.03. The Morgan fingerprint density at radius 3 is 2.60 bits per heavy atom. The summed E-state index contributed by atoms with van der Waals surface area (Å²) >= 11 is 0. The summed E-state index contributed by atoms with van der Waals surface area (Å²) in [5.74, 6) is 2.93. The van der Waals surface area contributed by atoms with Gasteiger partial charge in [0.2, 0.25) is 5.91 Å². The van der Waals surface area contributed by atoms with E-state index < -0.39 is 0 Å². The van der Waals surface area contributed by atoms with Crippen LogP contribution in [0.4, 0.5) is 0 Å². The molecule has 166 valence electrons. The maximum absolute atomic E-state index is 12.1. The van der Waals surface area contributed by atoms with Crippen LogP contribution in [0.2, 0.25) is 0 Å². The fourth-order valence-corrected chi connectivity index (χ4v) is 4.43. The second kappa shape index (κ2) is 10.8. The van der Waals surface area contributed by atoms with Crippen molar-refractivity contribution >= 4 is 11.9 Å². The van der Waals surface area contributed by atoms with E-state index in [9.17, 15) is 4.79 Å². The summed E-state index contributed by atoms with van der Waals surface area (Å²) in [4.78, 5) is 21.7. The lowest BCUT2D eigenvalue weighted by Crippen LogP contribution is -2.54. The zero-order valence-electron chi connectivity index (χ0n) is 18.2. The summed E-state index contributed by atoms with van der Waals surface area (Å²) in [5, 5.41) is 6.67. The molecule has 1 aromatic rings. The first-order valence-corrected chi connectivity index (χ1v) is 11.8. The molecule has 1 amide bonds. The molecule has 3 fully saturated rings. The van der Waals surface area contributed by atoms with Crippen LogP contribution in [0, 0.1) is 5.92 Å². The van der Waals surface area contributed by atoms with Gasteiger partial charge in [-0.05, 0) is 43.7 Å². The Balaban J connectivity index is 1.27. The molecule has 0 bridgehead atoms. The first-order chi connectivity index (χ1) is 14.8. The molecule has 0 aromatic carbocycles. The molecule has 0 spiro atoms. The lowest BCUT2D eigenvalue weighted by atomic mass is 9.89. The molecule has 0 atom stereocenters. The fourth-order valence-electron chi connectivity index (χ4n) is 4.43. The largest absolute Gasteiger partial charge is 0.469 e. The summed E-state index contributed by atoms with van der Waals surface area (Å²) in [6, 6.07) is 4.40. The number of rotatable bonds is 8. The molecule has 7 heteroatoms. The van der Waals surface area contributed by atoms with Gasteiger partial charge in [0.25, 0.3) is 0 Å². The minimum absolute atomic E-state index is 0.175. The number of carbonyl (C=O) groups excluding carboxylic acids is 1. The molecule has 0 radical (unpaired) electrons. The number of nitrogens with zero attached hydrogens (tertiary/aromatic N) is 3. The van der Waals surface area contributed by atoms with E-state index in [1.54, 1.807) is 6.26 Å². The van der Waals surface area contributed by atoms with Crippen LogP contribution >= 0.6 is 0 Å². The van der Waals surface area contributed by atoms with Crippen LogP contribution in [-0.4, -0.2) is 73.5 Å². The zero-order chi connectivity index (χ0) is 20.6. The van der Waals surface area contributed by atoms with E-state index in [1.807, 2.05) is 12.1 Å². The predicted octanol–water partition coefficient (Wildman–Crippen LogP) is 2.24. The fraction of sp³-hybridized carbons (Fsp3) is 0.739. The third kappa shape index (κ3) is 6.76. The van der Waals surface area contributed by atoms with Crippen molar-refractivity contribution in [2.24, 2.45) is 10.9 Å². The normalized spacial score (nSPS) is 21.6. The molecule has 2 saturated carbocycles. The van der Waals surface area contributed by atoms with Crippen molar-refractivity contribution < 1.29 is 9.21 Å². The molecular formula is C23H37N5O2. The number of hydrogen-bond acceptors (Lipinski definition) is 4. The van der Waals surface area contributed by atoms with Gasteiger partial charge in [0, 0.05) is 51.7 Å². The van der Waals surface area contributed by atoms with Gasteiger partial charge in [-0.15, -0.1) is 0 Å². The molecule has 30 heavy (non-hydrogen) atoms. The van der Waals surface area contributed by atoms with Crippen molar-refractivity contribution in [2.75, 3.05) is 45.8 Å². The quantitative estimate of drug-likeness (QED) is 0.503. The number of hydrogen-bond donors (Lipinski definition) is 2. The van der Waals surface area contributed by atoms with Gasteiger partial charge in [-0.1, -0.05) is 19.3 Å². The topological polar surface area (TPSA) is 73.1 Å². The highest BCUT2D eigenvalue weighted by Crippen LogP contribution is 2.23. The Bertz CT molecular complexity index is 672. The van der Waals surface area contributed by atoms with E-state index in [1.165, 1.54) is 32.1 Å². The van der Waals surface area contributed by atoms with Gasteiger partial charge in [-0.3, -0.25) is 14.7 Å². The van der Waals surface area contributed by atoms with Crippen LogP contribution in [0.5, 0.6) is 0 Å². The first-order valence-electron chi connectivity index (χ1n) is 11.8. The van der Waals surface area contributed by atoms with Gasteiger partial charge in [-0.2, -0.15) is 0 Å². The van der Waals surface area contributed by atoms with E-state index in [4.69, 9.17) is 9.41 Å². The van der Waals surface area contributed by atoms with Crippen molar-refractivity contribution in [3.8, 4) is 0 Å². The van der Waals surface area contributed by atoms with E-state index in [2.05, 4.69) is 20.4 Å². The van der Waals surface area contributed by atoms with Crippen LogP contribution in [0.25, 0.3) is 0 Å². The molecule has 7 nitrogen and oxygen atoms in total. The average molecular weight is 416 g/mol. The minimum atomic E-state index is 0.175. The van der Waals surface area contributed by atoms with Gasteiger partial charge in [0.1, 0.15) is 5.76 Å². The van der Waals surface area contributed by atoms with E-state index in [-0.39, 0.29) is 5.91 Å². The third-order valence-electron chi connectivity index (χ3n) is 6.44. The highest BCUT2D eigenvalue weighted by molar-refractivity contribution is 5.80. The molecular weight excluding hydrogens is 378 g/mol. The van der Waals surface area contributed by atoms with Crippen LogP contribution in [0.3, 0.4) is 0 Å². The predicted molar refractivity (Wildman–Crippen MR) is 118 cm³/mol. The molecule has 3 aliphatic rings. The molecule has 1 aromatic heterocycles. The van der Waals surface area contributed by atoms with Crippen LogP contribution in [0.15, 0.2) is 27.8 Å². The van der Waals surface area contributed by atoms with E-state index in [0.29, 0.717) is 12.6 Å². The second-order valence-corrected chi connectivity index (χ2v) is 9.03. The number of amides is 1. The van der Waals surface area contributed by atoms with Crippen molar-refractivity contribution in [1.29, 1.82) is 0 Å². The van der Waals surface area contributed by atoms with Gasteiger partial charge in [-0.25, -0.2) is 0 Å². The lowest BCUT2D eigenvalue weighted by molar-refractivity contribution is -0.122. The van der Waals surface area contributed by atoms with Crippen molar-refractivity contribution in [1.82, 2.24) is 20.4 Å². The standard InChI is InChI=1S/C23H37N5O2/c29-22(26-20-8-9-20)18-27-12-14-28(15-13-27)23(24-11-10-21-7-4-16-30-21)25-17-19-5-2-1-3-6-19/h4,7,16,19-20H,1-3,5-6,8-15,17-18H2,(H,24,25)(H,26,29). The zero-order valence-corrected chi connectivity index (χ0v) is 18.2. The Hall–Kier alpha value is -2.02. The molecule has 1 aliphatic heterocycles. The Morgan fingerprint density at radius 1 is 1.10 bits per heavy atom. The monoisotopic (exact) mass is 415 g/mol. The Labute approximate surface area is 180 Å². The molecule has 1 saturated heterocycles. The SMILES string of the molecule is O=C(CN1CCN(C(=NCC2CCCCC2)NCCc2ccco2)CC1)NC1CC1. The summed E-state index contributed by atoms with van der Waals surface area (Å²) in [7, 11) is 0. The molecule has 4 rings (SSSR count). The summed E-state index contributed by atoms with van der Waals surface area (Å²) in [6.07, 6.45) is 11.6. The summed E-state index contributed by atoms with van der Waals surface area (Å²) < 4.78 is 5.46. The Morgan fingerprint density at radius 2 is 1.90 bits per heavy atom. The van der Waals surface area contributed by atoms with Gasteiger partial charge in [0.15, 0.2) is 5.96 Å². The van der Waals surface area contributed by atoms with Crippen LogP contribution < -0.4 is 10.6 Å². The smallest absolute Gasteiger partial charge is 0.234 e. The number of nitrogens with one attached hydrogen (secondary N) is 2. The molecule has 2 aliphatic carbocycles. The number of aliphatic imine (C=N–C) groups is 1. The highest BCUT2D eigenvalue weighted by atomic mass is 16.3. The van der Waals surface area contributed by atoms with Crippen molar-refractivity contribution in [3.05, 3.63) is 24.2 Å². The summed E-state index contributed by atoms with van der Waals surface area (Å²) in [6.45, 7) is 5.89. The first kappa shape index (κ1) is 21.2. The maximum atomic E-state index is 12.1. The number of carbonyl (C=O) groups is 1. The minimum Gasteiger partial charge on any atom is -0.469 e. The van der Waals surface area contributed by atoms with Crippen LogP contribution in [0.1, 0.15) is 50.7 Å². The molecule has 2 N–H and O–H groups in total. The number of guanidine groups is 1. The van der Waals surface area contributed by atoms with Crippen molar-refractivity contribution in [2.45, 2.75) is 57.4 Å². The van der Waals surface area contributed by atoms with Crippen molar-refractivity contribution in [3.63, 3.8) is 0 Å². The number of furan rings is 1. The van der Waals surface area contributed by atoms with E-state index in [0.717, 1.165) is 76.2 Å². The Kier molecular flexibility index (Phi) is 7.67. The number of piperazine rings is 1. The molecule has 0 unspecified atom stereocenters. The highest BCUT2D eigenvalue weighted by Gasteiger charge is 2.26. The van der Waals surface area contributed by atoms with E-state index >= 15 is 0 Å². The van der Waals surface area contributed by atoms with Gasteiger partial charge in [0.05, 0.1) is 12.8 Å². The maximum Gasteiger partial charge on any atom is 0.234 e. The van der Waals surface area contributed by atoms with Gasteiger partial charge >= 0.3 is 0 Å². The van der Waals surface area contributed by atoms with Crippen LogP contribution in [-0.2, 0) is 11.2 Å². The third-order valence-corrected chi connectivity index (χ3v) is 6.44. The molecule has 2 heterocycles. The summed E-state index contributed by atoms with van der Waals surface area (Å²) in [5.41, 5.74) is 0.